The molecule has 1 aromatic heterocycles. The van der Waals surface area contributed by atoms with E-state index in [-0.39, 0.29) is 6.04 Å². The molecule has 4 nitrogen and oxygen atoms in total. The van der Waals surface area contributed by atoms with Crippen molar-refractivity contribution in [3.63, 3.8) is 0 Å². The van der Waals surface area contributed by atoms with Crippen LogP contribution < -0.4 is 16.0 Å². The number of hydrazine groups is 1. The number of rotatable bonds is 5. The van der Waals surface area contributed by atoms with Gasteiger partial charge in [-0.15, -0.1) is 0 Å². The van der Waals surface area contributed by atoms with Crippen LogP contribution in [0.25, 0.3) is 0 Å². The van der Waals surface area contributed by atoms with Gasteiger partial charge in [0.1, 0.15) is 5.75 Å². The van der Waals surface area contributed by atoms with E-state index in [0.717, 1.165) is 26.9 Å². The number of ether oxygens (including phenoxy) is 1. The molecule has 0 bridgehead atoms. The number of hydrogen-bond acceptors (Lipinski definition) is 4. The molecule has 0 spiro atoms. The van der Waals surface area contributed by atoms with Crippen LogP contribution in [-0.2, 0) is 0 Å². The minimum Gasteiger partial charge on any atom is -0.492 e. The highest BCUT2D eigenvalue weighted by Crippen LogP contribution is 2.29. The first-order valence-corrected chi connectivity index (χ1v) is 7.25. The van der Waals surface area contributed by atoms with E-state index in [2.05, 4.69) is 39.3 Å². The van der Waals surface area contributed by atoms with Crippen molar-refractivity contribution in [2.45, 2.75) is 19.9 Å². The first-order chi connectivity index (χ1) is 9.67. The first-order valence-electron chi connectivity index (χ1n) is 6.46. The van der Waals surface area contributed by atoms with Crippen LogP contribution >= 0.6 is 15.9 Å². The normalized spacial score (nSPS) is 12.2. The third kappa shape index (κ3) is 3.17. The molecule has 0 aliphatic heterocycles. The Hall–Kier alpha value is -1.43. The highest BCUT2D eigenvalue weighted by Gasteiger charge is 2.16. The average Bonchev–Trinajstić information content (AvgIpc) is 2.45. The van der Waals surface area contributed by atoms with E-state index in [0.29, 0.717) is 6.61 Å². The Morgan fingerprint density at radius 2 is 2.20 bits per heavy atom. The van der Waals surface area contributed by atoms with Gasteiger partial charge >= 0.3 is 0 Å². The number of nitrogens with one attached hydrogen (secondary N) is 1. The summed E-state index contributed by atoms with van der Waals surface area (Å²) in [6, 6.07) is 7.90. The molecule has 0 fully saturated rings. The minimum atomic E-state index is -0.125. The molecule has 1 heterocycles. The summed E-state index contributed by atoms with van der Waals surface area (Å²) in [5.41, 5.74) is 6.09. The first kappa shape index (κ1) is 15.0. The minimum absolute atomic E-state index is 0.125. The summed E-state index contributed by atoms with van der Waals surface area (Å²) >= 11 is 3.55. The maximum atomic E-state index is 5.75. The third-order valence-electron chi connectivity index (χ3n) is 3.17. The van der Waals surface area contributed by atoms with E-state index >= 15 is 0 Å². The molecule has 2 aromatic rings. The summed E-state index contributed by atoms with van der Waals surface area (Å²) < 4.78 is 6.55. The summed E-state index contributed by atoms with van der Waals surface area (Å²) in [6.07, 6.45) is 3.50. The molecule has 3 N–H and O–H groups in total. The quantitative estimate of drug-likeness (QED) is 0.651. The van der Waals surface area contributed by atoms with Gasteiger partial charge in [-0.05, 0) is 42.7 Å². The maximum absolute atomic E-state index is 5.75. The van der Waals surface area contributed by atoms with E-state index in [1.807, 2.05) is 25.1 Å². The number of hydrogen-bond donors (Lipinski definition) is 2. The second kappa shape index (κ2) is 6.83. The summed E-state index contributed by atoms with van der Waals surface area (Å²) in [7, 11) is 0. The molecule has 1 unspecified atom stereocenters. The standard InChI is InChI=1S/C15H18BrN3O/c1-3-20-12-7-11(8-18-9-12)15(19-17)13-5-4-6-14(16)10(13)2/h4-9,15,19H,3,17H2,1-2H3. The van der Waals surface area contributed by atoms with Crippen LogP contribution in [0.1, 0.15) is 29.7 Å². The maximum Gasteiger partial charge on any atom is 0.137 e. The molecule has 1 atom stereocenters. The van der Waals surface area contributed by atoms with Crippen LogP contribution in [0.4, 0.5) is 0 Å². The van der Waals surface area contributed by atoms with Crippen molar-refractivity contribution in [2.75, 3.05) is 6.61 Å². The fourth-order valence-corrected chi connectivity index (χ4v) is 2.52. The van der Waals surface area contributed by atoms with E-state index in [1.165, 1.54) is 0 Å². The Labute approximate surface area is 127 Å². The van der Waals surface area contributed by atoms with Crippen LogP contribution in [0.5, 0.6) is 5.75 Å². The zero-order valence-electron chi connectivity index (χ0n) is 11.6. The highest BCUT2D eigenvalue weighted by atomic mass is 79.9. The van der Waals surface area contributed by atoms with Gasteiger partial charge in [0.2, 0.25) is 0 Å². The van der Waals surface area contributed by atoms with Crippen LogP contribution in [0.15, 0.2) is 41.1 Å². The number of nitrogens with two attached hydrogens (primary N) is 1. The lowest BCUT2D eigenvalue weighted by Crippen LogP contribution is -2.29. The van der Waals surface area contributed by atoms with E-state index < -0.39 is 0 Å². The lowest BCUT2D eigenvalue weighted by atomic mass is 9.96. The summed E-state index contributed by atoms with van der Waals surface area (Å²) in [4.78, 5) is 4.22. The van der Waals surface area contributed by atoms with E-state index in [1.54, 1.807) is 12.4 Å². The van der Waals surface area contributed by atoms with E-state index in [9.17, 15) is 0 Å². The lowest BCUT2D eigenvalue weighted by Gasteiger charge is -2.20. The molecule has 2 rings (SSSR count). The van der Waals surface area contributed by atoms with Crippen LogP contribution in [0, 0.1) is 6.92 Å². The number of pyridine rings is 1. The number of aromatic nitrogens is 1. The van der Waals surface area contributed by atoms with Crippen molar-refractivity contribution in [2.24, 2.45) is 5.84 Å². The third-order valence-corrected chi connectivity index (χ3v) is 4.02. The van der Waals surface area contributed by atoms with Gasteiger partial charge in [-0.1, -0.05) is 28.1 Å². The van der Waals surface area contributed by atoms with Crippen molar-refractivity contribution in [3.05, 3.63) is 57.8 Å². The van der Waals surface area contributed by atoms with Gasteiger partial charge in [0.25, 0.3) is 0 Å². The second-order valence-electron chi connectivity index (χ2n) is 4.44. The Balaban J connectivity index is 2.41. The summed E-state index contributed by atoms with van der Waals surface area (Å²) in [5.74, 6) is 6.49. The molecule has 1 aromatic carbocycles. The zero-order chi connectivity index (χ0) is 14.5. The predicted octanol–water partition coefficient (Wildman–Crippen LogP) is 3.10. The fraction of sp³-hybridized carbons (Fsp3) is 0.267. The average molecular weight is 336 g/mol. The van der Waals surface area contributed by atoms with Gasteiger partial charge in [-0.2, -0.15) is 0 Å². The topological polar surface area (TPSA) is 60.2 Å². The van der Waals surface area contributed by atoms with Crippen molar-refractivity contribution in [3.8, 4) is 5.75 Å². The molecular formula is C15H18BrN3O. The van der Waals surface area contributed by atoms with Crippen molar-refractivity contribution >= 4 is 15.9 Å². The van der Waals surface area contributed by atoms with Crippen molar-refractivity contribution in [1.82, 2.24) is 10.4 Å². The van der Waals surface area contributed by atoms with Gasteiger partial charge in [-0.3, -0.25) is 10.8 Å². The Kier molecular flexibility index (Phi) is 5.11. The van der Waals surface area contributed by atoms with Crippen molar-refractivity contribution in [1.29, 1.82) is 0 Å². The van der Waals surface area contributed by atoms with Gasteiger partial charge in [-0.25, -0.2) is 5.43 Å². The smallest absolute Gasteiger partial charge is 0.137 e. The largest absolute Gasteiger partial charge is 0.492 e. The lowest BCUT2D eigenvalue weighted by molar-refractivity contribution is 0.338. The molecule has 0 saturated heterocycles. The van der Waals surface area contributed by atoms with Gasteiger partial charge in [0.05, 0.1) is 18.8 Å². The second-order valence-corrected chi connectivity index (χ2v) is 5.30. The Morgan fingerprint density at radius 1 is 1.40 bits per heavy atom. The number of benzene rings is 1. The van der Waals surface area contributed by atoms with Crippen LogP contribution in [0.2, 0.25) is 0 Å². The molecule has 0 saturated carbocycles. The number of halogens is 1. The zero-order valence-corrected chi connectivity index (χ0v) is 13.1. The molecule has 5 heteroatoms. The Morgan fingerprint density at radius 3 is 2.90 bits per heavy atom. The molecule has 0 radical (unpaired) electrons. The molecular weight excluding hydrogens is 318 g/mol. The summed E-state index contributed by atoms with van der Waals surface area (Å²) in [5, 5.41) is 0. The monoisotopic (exact) mass is 335 g/mol. The fourth-order valence-electron chi connectivity index (χ4n) is 2.14. The van der Waals surface area contributed by atoms with E-state index in [4.69, 9.17) is 10.6 Å². The molecule has 106 valence electrons. The van der Waals surface area contributed by atoms with Gasteiger partial charge < -0.3 is 4.74 Å². The predicted molar refractivity (Wildman–Crippen MR) is 83.5 cm³/mol. The SMILES string of the molecule is CCOc1cncc(C(NN)c2cccc(Br)c2C)c1. The van der Waals surface area contributed by atoms with Crippen molar-refractivity contribution < 1.29 is 4.74 Å². The van der Waals surface area contributed by atoms with Crippen LogP contribution in [-0.4, -0.2) is 11.6 Å². The molecule has 0 amide bonds. The summed E-state index contributed by atoms with van der Waals surface area (Å²) in [6.45, 7) is 4.62. The van der Waals surface area contributed by atoms with Gasteiger partial charge in [0, 0.05) is 10.7 Å². The molecule has 0 aliphatic carbocycles. The molecule has 0 aliphatic rings. The Bertz CT molecular complexity index is 589. The highest BCUT2D eigenvalue weighted by molar-refractivity contribution is 9.10. The molecule has 20 heavy (non-hydrogen) atoms. The number of nitrogens with zero attached hydrogens (tertiary/aromatic N) is 1. The van der Waals surface area contributed by atoms with Gasteiger partial charge in [0.15, 0.2) is 0 Å². The van der Waals surface area contributed by atoms with Crippen LogP contribution in [0.3, 0.4) is 0 Å².